The summed E-state index contributed by atoms with van der Waals surface area (Å²) in [5.41, 5.74) is 2.86. The number of rotatable bonds is 22. The van der Waals surface area contributed by atoms with Gasteiger partial charge in [0.25, 0.3) is 0 Å². The lowest BCUT2D eigenvalue weighted by Crippen LogP contribution is -2.48. The Morgan fingerprint density at radius 1 is 0.984 bits per heavy atom. The van der Waals surface area contributed by atoms with Crippen molar-refractivity contribution in [3.8, 4) is 17.6 Å². The van der Waals surface area contributed by atoms with Gasteiger partial charge in [0.2, 0.25) is 5.89 Å². The maximum atomic E-state index is 14.1. The molecule has 1 aliphatic rings. The summed E-state index contributed by atoms with van der Waals surface area (Å²) in [6.45, 7) is 25.4. The molecule has 0 spiro atoms. The highest BCUT2D eigenvalue weighted by atomic mass is 28.4. The second kappa shape index (κ2) is 24.7. The van der Waals surface area contributed by atoms with E-state index in [9.17, 15) is 9.59 Å². The molecule has 1 fully saturated rings. The Labute approximate surface area is 383 Å². The molecule has 1 aromatic heterocycles. The quantitative estimate of drug-likeness (QED) is 0.0414. The first-order chi connectivity index (χ1) is 30.3. The average Bonchev–Trinajstić information content (AvgIpc) is 3.72. The third-order valence-electron chi connectivity index (χ3n) is 12.4. The molecule has 0 saturated carbocycles. The Hall–Kier alpha value is -4.51. The van der Waals surface area contributed by atoms with E-state index in [1.807, 2.05) is 57.2 Å². The summed E-state index contributed by atoms with van der Waals surface area (Å²) in [7, 11) is 1.04. The van der Waals surface area contributed by atoms with Crippen LogP contribution >= 0.6 is 0 Å². The molecule has 0 radical (unpaired) electrons. The molecule has 3 aromatic rings. The molecule has 9 atom stereocenters. The molecule has 2 heterocycles. The van der Waals surface area contributed by atoms with Gasteiger partial charge in [-0.3, -0.25) is 4.79 Å². The summed E-state index contributed by atoms with van der Waals surface area (Å²) < 4.78 is 48.8. The zero-order valence-corrected chi connectivity index (χ0v) is 41.3. The second-order valence-electron chi connectivity index (χ2n) is 18.7. The largest absolute Gasteiger partial charge is 0.497 e. The van der Waals surface area contributed by atoms with Crippen molar-refractivity contribution in [1.82, 2.24) is 4.98 Å². The zero-order valence-electron chi connectivity index (χ0n) is 40.3. The predicted molar refractivity (Wildman–Crippen MR) is 253 cm³/mol. The van der Waals surface area contributed by atoms with Crippen LogP contribution in [0.5, 0.6) is 5.75 Å². The highest BCUT2D eigenvalue weighted by Crippen LogP contribution is 2.40. The van der Waals surface area contributed by atoms with Gasteiger partial charge in [-0.1, -0.05) is 82.9 Å². The Morgan fingerprint density at radius 3 is 2.31 bits per heavy atom. The van der Waals surface area contributed by atoms with E-state index in [-0.39, 0.29) is 53.9 Å². The van der Waals surface area contributed by atoms with Crippen molar-refractivity contribution in [2.24, 2.45) is 11.8 Å². The zero-order chi connectivity index (χ0) is 47.0. The molecule has 2 aromatic carbocycles. The summed E-state index contributed by atoms with van der Waals surface area (Å²) in [5, 5.41) is -0.0320. The average molecular weight is 900 g/mol. The van der Waals surface area contributed by atoms with Crippen molar-refractivity contribution in [1.29, 1.82) is 0 Å². The molecular formula is C52H73NO10Si. The van der Waals surface area contributed by atoms with Gasteiger partial charge < -0.3 is 37.3 Å². The van der Waals surface area contributed by atoms with Crippen LogP contribution in [-0.4, -0.2) is 76.1 Å². The van der Waals surface area contributed by atoms with Crippen LogP contribution in [0.4, 0.5) is 0 Å². The monoisotopic (exact) mass is 900 g/mol. The summed E-state index contributed by atoms with van der Waals surface area (Å²) in [6.07, 6.45) is 6.73. The van der Waals surface area contributed by atoms with Crippen molar-refractivity contribution < 1.29 is 46.9 Å². The Balaban J connectivity index is 1.51. The SMILES string of the molecule is C=CCC1CC(OCc2ccc(OC)cc2)CC(C[C@H](O[Si](C)(C)C(C)(C)C)[C@H](C)C[C@@H](C)C(=O)OC(CC#CC(C)OC(=O)c2ccccc2)c2coc(/C=C(\C)C(C)OC)n2)O1. The van der Waals surface area contributed by atoms with Crippen LogP contribution < -0.4 is 4.74 Å². The number of methoxy groups -OCH3 is 2. The van der Waals surface area contributed by atoms with E-state index < -0.39 is 32.4 Å². The van der Waals surface area contributed by atoms with Crippen molar-refractivity contribution in [3.63, 3.8) is 0 Å². The number of carbonyl (C=O) groups excluding carboxylic acids is 2. The minimum absolute atomic E-state index is 0.00212. The molecule has 350 valence electrons. The first kappa shape index (κ1) is 52.1. The number of nitrogens with zero attached hydrogens (tertiary/aromatic N) is 1. The molecule has 11 nitrogen and oxygen atoms in total. The van der Waals surface area contributed by atoms with Gasteiger partial charge in [-0.2, -0.15) is 0 Å². The standard InChI is InChI=1S/C52H73NO10Si/c1-14-19-43-30-44(58-33-40-24-26-42(57-11)27-25-40)31-45(61-43)32-48(63-64(12,13)52(7,8)9)36(3)28-37(4)50(54)62-47(46-34-59-49(53-46)29-35(2)39(6)56-10)23-18-20-38(5)60-51(55)41-21-16-15-17-22-41/h14-17,21-22,24-27,29,34,36-39,43-45,47-48H,1,19,23,28,30-33H2,2-13H3/b35-29+/t36-,37-,38?,39?,43?,44?,45?,47?,48+/m1/s1. The number of benzene rings is 2. The molecule has 64 heavy (non-hydrogen) atoms. The van der Waals surface area contributed by atoms with Crippen LogP contribution in [0.3, 0.4) is 0 Å². The van der Waals surface area contributed by atoms with E-state index in [1.165, 1.54) is 6.26 Å². The van der Waals surface area contributed by atoms with Crippen molar-refractivity contribution in [2.75, 3.05) is 14.2 Å². The first-order valence-electron chi connectivity index (χ1n) is 22.6. The minimum Gasteiger partial charge on any atom is -0.497 e. The fraction of sp³-hybridized carbons (Fsp3) is 0.558. The van der Waals surface area contributed by atoms with E-state index in [0.29, 0.717) is 36.6 Å². The summed E-state index contributed by atoms with van der Waals surface area (Å²) >= 11 is 0. The minimum atomic E-state index is -2.26. The van der Waals surface area contributed by atoms with Gasteiger partial charge in [0.05, 0.1) is 62.1 Å². The third kappa shape index (κ3) is 16.2. The fourth-order valence-corrected chi connectivity index (χ4v) is 8.69. The molecule has 0 bridgehead atoms. The topological polar surface area (TPSA) is 125 Å². The summed E-state index contributed by atoms with van der Waals surface area (Å²) in [5.74, 6) is 5.87. The Kier molecular flexibility index (Phi) is 20.1. The van der Waals surface area contributed by atoms with Gasteiger partial charge in [-0.15, -0.1) is 6.58 Å². The Bertz CT molecular complexity index is 2010. The summed E-state index contributed by atoms with van der Waals surface area (Å²) in [6, 6.07) is 16.7. The molecular weight excluding hydrogens is 827 g/mol. The number of esters is 2. The van der Waals surface area contributed by atoms with Crippen molar-refractivity contribution >= 4 is 26.3 Å². The van der Waals surface area contributed by atoms with Crippen LogP contribution in [0, 0.1) is 23.7 Å². The maximum Gasteiger partial charge on any atom is 0.339 e. The van der Waals surface area contributed by atoms with Gasteiger partial charge in [0, 0.05) is 19.6 Å². The number of ether oxygens (including phenoxy) is 6. The van der Waals surface area contributed by atoms with Gasteiger partial charge in [0.15, 0.2) is 20.5 Å². The van der Waals surface area contributed by atoms with E-state index in [1.54, 1.807) is 51.5 Å². The van der Waals surface area contributed by atoms with E-state index in [4.69, 9.17) is 37.3 Å². The van der Waals surface area contributed by atoms with Gasteiger partial charge in [-0.25, -0.2) is 9.78 Å². The second-order valence-corrected chi connectivity index (χ2v) is 23.4. The predicted octanol–water partition coefficient (Wildman–Crippen LogP) is 11.5. The van der Waals surface area contributed by atoms with Crippen LogP contribution in [0.1, 0.15) is 128 Å². The van der Waals surface area contributed by atoms with E-state index in [0.717, 1.165) is 36.1 Å². The van der Waals surface area contributed by atoms with E-state index >= 15 is 0 Å². The molecule has 0 amide bonds. The maximum absolute atomic E-state index is 14.1. The number of oxazole rings is 1. The van der Waals surface area contributed by atoms with Crippen LogP contribution in [0.2, 0.25) is 18.1 Å². The first-order valence-corrected chi connectivity index (χ1v) is 25.5. The fourth-order valence-electron chi connectivity index (χ4n) is 7.25. The molecule has 6 unspecified atom stereocenters. The molecule has 12 heteroatoms. The van der Waals surface area contributed by atoms with Crippen LogP contribution in [-0.2, 0) is 39.5 Å². The smallest absolute Gasteiger partial charge is 0.339 e. The van der Waals surface area contributed by atoms with Gasteiger partial charge >= 0.3 is 11.9 Å². The molecule has 1 saturated heterocycles. The molecule has 4 rings (SSSR count). The van der Waals surface area contributed by atoms with Crippen molar-refractivity contribution in [2.45, 2.75) is 161 Å². The lowest BCUT2D eigenvalue weighted by Gasteiger charge is -2.43. The van der Waals surface area contributed by atoms with E-state index in [2.05, 4.69) is 64.2 Å². The van der Waals surface area contributed by atoms with Gasteiger partial charge in [-0.05, 0) is 106 Å². The van der Waals surface area contributed by atoms with Crippen LogP contribution in [0.25, 0.3) is 6.08 Å². The molecule has 1 aliphatic heterocycles. The highest BCUT2D eigenvalue weighted by Gasteiger charge is 2.42. The number of carbonyl (C=O) groups is 2. The number of aromatic nitrogens is 1. The normalized spacial score (nSPS) is 19.8. The molecule has 0 aliphatic carbocycles. The van der Waals surface area contributed by atoms with Gasteiger partial charge in [0.1, 0.15) is 17.7 Å². The highest BCUT2D eigenvalue weighted by molar-refractivity contribution is 6.74. The summed E-state index contributed by atoms with van der Waals surface area (Å²) in [4.78, 5) is 31.4. The lowest BCUT2D eigenvalue weighted by atomic mass is 9.87. The third-order valence-corrected chi connectivity index (χ3v) is 16.9. The Morgan fingerprint density at radius 2 is 1.67 bits per heavy atom. The number of hydrogen-bond acceptors (Lipinski definition) is 11. The number of hydrogen-bond donors (Lipinski definition) is 0. The molecule has 0 N–H and O–H groups in total. The van der Waals surface area contributed by atoms with Crippen LogP contribution in [0.15, 0.2) is 83.5 Å². The lowest BCUT2D eigenvalue weighted by molar-refractivity contribution is -0.155. The van der Waals surface area contributed by atoms with Crippen molar-refractivity contribution in [3.05, 3.63) is 102 Å².